The molecule has 0 saturated carbocycles. The first-order valence-corrected chi connectivity index (χ1v) is 7.38. The molecule has 2 aromatic rings. The van der Waals surface area contributed by atoms with E-state index in [1.807, 2.05) is 6.07 Å². The van der Waals surface area contributed by atoms with Crippen LogP contribution in [0.2, 0.25) is 0 Å². The van der Waals surface area contributed by atoms with Gasteiger partial charge in [-0.1, -0.05) is 0 Å². The maximum atomic E-state index is 12.5. The predicted molar refractivity (Wildman–Crippen MR) is 70.8 cm³/mol. The number of aromatic nitrogens is 1. The minimum atomic E-state index is -3.69. The van der Waals surface area contributed by atoms with Crippen molar-refractivity contribution >= 4 is 10.0 Å². The Labute approximate surface area is 117 Å². The van der Waals surface area contributed by atoms with Crippen LogP contribution < -0.4 is 0 Å². The van der Waals surface area contributed by atoms with E-state index in [0.29, 0.717) is 5.76 Å². The Morgan fingerprint density at radius 2 is 2.20 bits per heavy atom. The first-order valence-electron chi connectivity index (χ1n) is 5.94. The summed E-state index contributed by atoms with van der Waals surface area (Å²) in [6, 6.07) is 8.36. The third kappa shape index (κ3) is 3.23. The number of sulfonamides is 1. The van der Waals surface area contributed by atoms with Gasteiger partial charge in [0, 0.05) is 25.4 Å². The molecule has 104 valence electrons. The topological polar surface area (TPSA) is 87.2 Å². The van der Waals surface area contributed by atoms with Crippen LogP contribution in [0.15, 0.2) is 52.2 Å². The zero-order chi connectivity index (χ0) is 14.4. The van der Waals surface area contributed by atoms with Gasteiger partial charge in [0.05, 0.1) is 18.9 Å². The highest BCUT2D eigenvalue weighted by atomic mass is 32.2. The molecular weight excluding hydrogens is 278 g/mol. The van der Waals surface area contributed by atoms with E-state index >= 15 is 0 Å². The Kier molecular flexibility index (Phi) is 4.50. The lowest BCUT2D eigenvalue weighted by Crippen LogP contribution is -2.31. The van der Waals surface area contributed by atoms with E-state index in [1.54, 1.807) is 18.2 Å². The van der Waals surface area contributed by atoms with E-state index in [0.717, 1.165) is 0 Å². The number of furan rings is 1. The molecule has 2 aromatic heterocycles. The standard InChI is InChI=1S/C13H13N3O3S/c14-6-3-8-16(11-12-4-2-9-19-12)20(17,18)13-5-1-7-15-10-13/h1-2,4-5,7,9-10H,3,8,11H2. The van der Waals surface area contributed by atoms with Crippen LogP contribution in [0, 0.1) is 11.3 Å². The summed E-state index contributed by atoms with van der Waals surface area (Å²) in [5, 5.41) is 8.67. The fourth-order valence-corrected chi connectivity index (χ4v) is 3.06. The van der Waals surface area contributed by atoms with Crippen molar-refractivity contribution in [1.29, 1.82) is 5.26 Å². The first kappa shape index (κ1) is 14.2. The molecule has 2 heterocycles. The van der Waals surface area contributed by atoms with Crippen molar-refractivity contribution in [3.05, 3.63) is 48.7 Å². The molecule has 0 bridgehead atoms. The molecule has 0 aliphatic rings. The second-order valence-electron chi connectivity index (χ2n) is 4.01. The third-order valence-corrected chi connectivity index (χ3v) is 4.49. The molecule has 2 rings (SSSR count). The summed E-state index contributed by atoms with van der Waals surface area (Å²) in [4.78, 5) is 3.92. The zero-order valence-electron chi connectivity index (χ0n) is 10.6. The Morgan fingerprint density at radius 1 is 1.35 bits per heavy atom. The van der Waals surface area contributed by atoms with Gasteiger partial charge in [-0.15, -0.1) is 0 Å². The predicted octanol–water partition coefficient (Wildman–Crippen LogP) is 1.78. The Hall–Kier alpha value is -2.17. The molecular formula is C13H13N3O3S. The van der Waals surface area contributed by atoms with Crippen LogP contribution in [0.3, 0.4) is 0 Å². The highest BCUT2D eigenvalue weighted by Crippen LogP contribution is 2.18. The average Bonchev–Trinajstić information content (AvgIpc) is 2.97. The molecule has 0 atom stereocenters. The van der Waals surface area contributed by atoms with E-state index in [4.69, 9.17) is 9.68 Å². The van der Waals surface area contributed by atoms with Crippen molar-refractivity contribution in [2.75, 3.05) is 6.54 Å². The summed E-state index contributed by atoms with van der Waals surface area (Å²) in [6.45, 7) is 0.195. The number of nitrogens with zero attached hydrogens (tertiary/aromatic N) is 3. The number of hydrogen-bond donors (Lipinski definition) is 0. The minimum Gasteiger partial charge on any atom is -0.468 e. The quantitative estimate of drug-likeness (QED) is 0.809. The van der Waals surface area contributed by atoms with E-state index in [1.165, 1.54) is 29.0 Å². The Morgan fingerprint density at radius 3 is 2.80 bits per heavy atom. The van der Waals surface area contributed by atoms with Crippen molar-refractivity contribution in [3.8, 4) is 6.07 Å². The second kappa shape index (κ2) is 6.32. The van der Waals surface area contributed by atoms with Crippen molar-refractivity contribution < 1.29 is 12.8 Å². The van der Waals surface area contributed by atoms with Crippen LogP contribution >= 0.6 is 0 Å². The molecule has 0 N–H and O–H groups in total. The normalized spacial score (nSPS) is 11.4. The lowest BCUT2D eigenvalue weighted by atomic mass is 10.4. The molecule has 0 aliphatic carbocycles. The lowest BCUT2D eigenvalue weighted by molar-refractivity contribution is 0.368. The van der Waals surface area contributed by atoms with Gasteiger partial charge in [0.15, 0.2) is 0 Å². The number of nitriles is 1. The Balaban J connectivity index is 2.28. The summed E-state index contributed by atoms with van der Waals surface area (Å²) in [5.41, 5.74) is 0. The largest absolute Gasteiger partial charge is 0.468 e. The van der Waals surface area contributed by atoms with Crippen LogP contribution in [-0.4, -0.2) is 24.3 Å². The fraction of sp³-hybridized carbons (Fsp3) is 0.231. The van der Waals surface area contributed by atoms with Gasteiger partial charge >= 0.3 is 0 Å². The van der Waals surface area contributed by atoms with Gasteiger partial charge in [-0.2, -0.15) is 9.57 Å². The third-order valence-electron chi connectivity index (χ3n) is 2.66. The van der Waals surface area contributed by atoms with E-state index in [-0.39, 0.29) is 24.4 Å². The van der Waals surface area contributed by atoms with Crippen LogP contribution in [0.25, 0.3) is 0 Å². The van der Waals surface area contributed by atoms with Crippen LogP contribution in [-0.2, 0) is 16.6 Å². The smallest absolute Gasteiger partial charge is 0.245 e. The molecule has 0 radical (unpaired) electrons. The maximum Gasteiger partial charge on any atom is 0.245 e. The minimum absolute atomic E-state index is 0.0892. The van der Waals surface area contributed by atoms with Crippen LogP contribution in [0.5, 0.6) is 0 Å². The first-order chi connectivity index (χ1) is 9.64. The molecule has 0 spiro atoms. The van der Waals surface area contributed by atoms with Gasteiger partial charge in [-0.25, -0.2) is 8.42 Å². The highest BCUT2D eigenvalue weighted by molar-refractivity contribution is 7.89. The molecule has 0 aromatic carbocycles. The van der Waals surface area contributed by atoms with Crippen LogP contribution in [0.1, 0.15) is 12.2 Å². The molecule has 0 saturated heterocycles. The van der Waals surface area contributed by atoms with E-state index in [2.05, 4.69) is 4.98 Å². The van der Waals surface area contributed by atoms with Gasteiger partial charge in [0.1, 0.15) is 10.7 Å². The fourth-order valence-electron chi connectivity index (χ4n) is 1.68. The summed E-state index contributed by atoms with van der Waals surface area (Å²) < 4.78 is 31.4. The number of rotatable bonds is 6. The summed E-state index contributed by atoms with van der Waals surface area (Å²) >= 11 is 0. The lowest BCUT2D eigenvalue weighted by Gasteiger charge is -2.19. The summed E-state index contributed by atoms with van der Waals surface area (Å²) in [5.74, 6) is 0.524. The summed E-state index contributed by atoms with van der Waals surface area (Å²) in [6.07, 6.45) is 4.39. The molecule has 7 heteroatoms. The van der Waals surface area contributed by atoms with E-state index in [9.17, 15) is 8.42 Å². The second-order valence-corrected chi connectivity index (χ2v) is 5.95. The number of hydrogen-bond acceptors (Lipinski definition) is 5. The Bertz CT molecular complexity index is 675. The molecule has 0 amide bonds. The SMILES string of the molecule is N#CCCN(Cc1ccco1)S(=O)(=O)c1cccnc1. The van der Waals surface area contributed by atoms with Crippen molar-refractivity contribution in [1.82, 2.24) is 9.29 Å². The van der Waals surface area contributed by atoms with Crippen molar-refractivity contribution in [2.45, 2.75) is 17.9 Å². The zero-order valence-corrected chi connectivity index (χ0v) is 11.5. The molecule has 0 unspecified atom stereocenters. The van der Waals surface area contributed by atoms with Crippen molar-refractivity contribution in [2.24, 2.45) is 0 Å². The van der Waals surface area contributed by atoms with Gasteiger partial charge < -0.3 is 4.42 Å². The highest BCUT2D eigenvalue weighted by Gasteiger charge is 2.25. The van der Waals surface area contributed by atoms with Gasteiger partial charge in [0.2, 0.25) is 10.0 Å². The molecule has 6 nitrogen and oxygen atoms in total. The summed E-state index contributed by atoms with van der Waals surface area (Å²) in [7, 11) is -3.69. The van der Waals surface area contributed by atoms with E-state index < -0.39 is 10.0 Å². The molecule has 0 aliphatic heterocycles. The van der Waals surface area contributed by atoms with Gasteiger partial charge in [-0.05, 0) is 24.3 Å². The van der Waals surface area contributed by atoms with Crippen molar-refractivity contribution in [3.63, 3.8) is 0 Å². The molecule has 20 heavy (non-hydrogen) atoms. The average molecular weight is 291 g/mol. The monoisotopic (exact) mass is 291 g/mol. The van der Waals surface area contributed by atoms with Gasteiger partial charge in [0.25, 0.3) is 0 Å². The van der Waals surface area contributed by atoms with Crippen LogP contribution in [0.4, 0.5) is 0 Å². The maximum absolute atomic E-state index is 12.5. The molecule has 0 fully saturated rings. The van der Waals surface area contributed by atoms with Gasteiger partial charge in [-0.3, -0.25) is 4.98 Å². The number of pyridine rings is 1.